The van der Waals surface area contributed by atoms with Gasteiger partial charge in [0.1, 0.15) is 0 Å². The molecule has 0 radical (unpaired) electrons. The highest BCUT2D eigenvalue weighted by Crippen LogP contribution is 2.42. The normalized spacial score (nSPS) is 32.2. The summed E-state index contributed by atoms with van der Waals surface area (Å²) in [5, 5.41) is 23.3. The summed E-state index contributed by atoms with van der Waals surface area (Å²) in [6.45, 7) is 0.667. The van der Waals surface area contributed by atoms with E-state index in [9.17, 15) is 10.2 Å². The predicted molar refractivity (Wildman–Crippen MR) is 74.2 cm³/mol. The molecule has 1 aromatic rings. The molecule has 1 fully saturated rings. The maximum Gasteiger partial charge on any atom is 0.161 e. The molecular formula is C15H21NO4. The third kappa shape index (κ3) is 2.06. The lowest BCUT2D eigenvalue weighted by atomic mass is 9.73. The van der Waals surface area contributed by atoms with Gasteiger partial charge in [0.05, 0.1) is 26.4 Å². The molecule has 110 valence electrons. The van der Waals surface area contributed by atoms with Crippen LogP contribution in [-0.4, -0.2) is 42.7 Å². The van der Waals surface area contributed by atoms with Crippen molar-refractivity contribution in [1.29, 1.82) is 0 Å². The Labute approximate surface area is 118 Å². The minimum atomic E-state index is -0.713. The van der Waals surface area contributed by atoms with Gasteiger partial charge in [-0.05, 0) is 36.1 Å². The minimum Gasteiger partial charge on any atom is -0.493 e. The van der Waals surface area contributed by atoms with Crippen molar-refractivity contribution in [1.82, 2.24) is 5.32 Å². The standard InChI is InChI=1S/C15H21NO4/c1-19-12-5-8-7-16-14-9(3-4-11(17)15(14)18)10(8)6-13(12)20-2/h5-6,9,11,14-18H,3-4,7H2,1-2H3/t9-,11+,14+,15+/m0/s1. The highest BCUT2D eigenvalue weighted by Gasteiger charge is 2.41. The Bertz CT molecular complexity index is 505. The van der Waals surface area contributed by atoms with Crippen LogP contribution in [0.15, 0.2) is 12.1 Å². The molecule has 1 aromatic carbocycles. The van der Waals surface area contributed by atoms with Crippen LogP contribution in [0.1, 0.15) is 29.9 Å². The quantitative estimate of drug-likeness (QED) is 0.746. The van der Waals surface area contributed by atoms with Crippen molar-refractivity contribution in [3.8, 4) is 11.5 Å². The summed E-state index contributed by atoms with van der Waals surface area (Å²) in [5.41, 5.74) is 2.37. The number of aliphatic hydroxyl groups is 2. The molecule has 1 aliphatic carbocycles. The molecule has 1 saturated carbocycles. The maximum absolute atomic E-state index is 10.2. The summed E-state index contributed by atoms with van der Waals surface area (Å²) in [6.07, 6.45) is 0.136. The average molecular weight is 279 g/mol. The van der Waals surface area contributed by atoms with Gasteiger partial charge in [0.2, 0.25) is 0 Å². The number of fused-ring (bicyclic) bond motifs is 3. The summed E-state index contributed by atoms with van der Waals surface area (Å²) in [7, 11) is 3.26. The van der Waals surface area contributed by atoms with Gasteiger partial charge in [0.15, 0.2) is 11.5 Å². The van der Waals surface area contributed by atoms with Crippen LogP contribution in [0, 0.1) is 0 Å². The molecule has 0 unspecified atom stereocenters. The Morgan fingerprint density at radius 1 is 1.10 bits per heavy atom. The van der Waals surface area contributed by atoms with E-state index in [1.807, 2.05) is 12.1 Å². The Hall–Kier alpha value is -1.30. The Morgan fingerprint density at radius 3 is 2.50 bits per heavy atom. The van der Waals surface area contributed by atoms with E-state index in [2.05, 4.69) is 5.32 Å². The van der Waals surface area contributed by atoms with Crippen molar-refractivity contribution >= 4 is 0 Å². The molecule has 0 saturated heterocycles. The van der Waals surface area contributed by atoms with Crippen molar-refractivity contribution in [3.05, 3.63) is 23.3 Å². The first-order valence-corrected chi connectivity index (χ1v) is 7.00. The number of hydrogen-bond donors (Lipinski definition) is 3. The summed E-state index contributed by atoms with van der Waals surface area (Å²) in [4.78, 5) is 0. The molecule has 1 heterocycles. The van der Waals surface area contributed by atoms with Crippen LogP contribution in [0.4, 0.5) is 0 Å². The number of ether oxygens (including phenoxy) is 2. The van der Waals surface area contributed by atoms with Gasteiger partial charge < -0.3 is 25.0 Å². The SMILES string of the molecule is COc1cc2c(cc1OC)[C@@H]1CC[C@@H](O)[C@@H](O)[C@@H]1NC2. The van der Waals surface area contributed by atoms with Gasteiger partial charge in [-0.3, -0.25) is 0 Å². The van der Waals surface area contributed by atoms with Crippen LogP contribution in [-0.2, 0) is 6.54 Å². The molecule has 20 heavy (non-hydrogen) atoms. The van der Waals surface area contributed by atoms with E-state index >= 15 is 0 Å². The zero-order valence-electron chi connectivity index (χ0n) is 11.8. The molecule has 5 nitrogen and oxygen atoms in total. The molecule has 0 amide bonds. The van der Waals surface area contributed by atoms with E-state index < -0.39 is 12.2 Å². The second-order valence-corrected chi connectivity index (χ2v) is 5.55. The summed E-state index contributed by atoms with van der Waals surface area (Å²) in [6, 6.07) is 3.91. The Balaban J connectivity index is 2.00. The number of methoxy groups -OCH3 is 2. The fourth-order valence-electron chi connectivity index (χ4n) is 3.45. The topological polar surface area (TPSA) is 71.0 Å². The summed E-state index contributed by atoms with van der Waals surface area (Å²) in [5.74, 6) is 1.65. The van der Waals surface area contributed by atoms with Gasteiger partial charge in [0, 0.05) is 18.5 Å². The molecule has 0 aromatic heterocycles. The molecule has 0 bridgehead atoms. The molecule has 3 N–H and O–H groups in total. The fourth-order valence-corrected chi connectivity index (χ4v) is 3.45. The maximum atomic E-state index is 10.2. The lowest BCUT2D eigenvalue weighted by Crippen LogP contribution is -2.54. The molecule has 0 spiro atoms. The summed E-state index contributed by atoms with van der Waals surface area (Å²) >= 11 is 0. The average Bonchev–Trinajstić information content (AvgIpc) is 2.49. The lowest BCUT2D eigenvalue weighted by Gasteiger charge is -2.43. The monoisotopic (exact) mass is 279 g/mol. The minimum absolute atomic E-state index is 0.0932. The van der Waals surface area contributed by atoms with Gasteiger partial charge in [-0.25, -0.2) is 0 Å². The second kappa shape index (κ2) is 5.24. The third-order valence-electron chi connectivity index (χ3n) is 4.54. The highest BCUT2D eigenvalue weighted by atomic mass is 16.5. The smallest absolute Gasteiger partial charge is 0.161 e. The first-order valence-electron chi connectivity index (χ1n) is 7.00. The van der Waals surface area contributed by atoms with E-state index in [0.29, 0.717) is 18.7 Å². The van der Waals surface area contributed by atoms with E-state index in [0.717, 1.165) is 12.2 Å². The number of rotatable bonds is 2. The van der Waals surface area contributed by atoms with Crippen molar-refractivity contribution < 1.29 is 19.7 Å². The van der Waals surface area contributed by atoms with Crippen molar-refractivity contribution in [2.45, 2.75) is 43.6 Å². The molecule has 2 aliphatic rings. The summed E-state index contributed by atoms with van der Waals surface area (Å²) < 4.78 is 10.7. The number of nitrogens with one attached hydrogen (secondary N) is 1. The molecule has 3 rings (SSSR count). The number of hydrogen-bond acceptors (Lipinski definition) is 5. The molecule has 5 heteroatoms. The van der Waals surface area contributed by atoms with E-state index in [-0.39, 0.29) is 12.0 Å². The van der Waals surface area contributed by atoms with E-state index in [1.165, 1.54) is 11.1 Å². The van der Waals surface area contributed by atoms with Gasteiger partial charge in [-0.2, -0.15) is 0 Å². The van der Waals surface area contributed by atoms with Gasteiger partial charge in [-0.1, -0.05) is 0 Å². The van der Waals surface area contributed by atoms with Crippen LogP contribution >= 0.6 is 0 Å². The third-order valence-corrected chi connectivity index (χ3v) is 4.54. The molecule has 4 atom stereocenters. The van der Waals surface area contributed by atoms with Crippen molar-refractivity contribution in [2.75, 3.05) is 14.2 Å². The number of aliphatic hydroxyl groups excluding tert-OH is 2. The van der Waals surface area contributed by atoms with Crippen molar-refractivity contribution in [2.24, 2.45) is 0 Å². The number of benzene rings is 1. The van der Waals surface area contributed by atoms with Gasteiger partial charge in [-0.15, -0.1) is 0 Å². The zero-order chi connectivity index (χ0) is 14.3. The first-order chi connectivity index (χ1) is 9.65. The zero-order valence-corrected chi connectivity index (χ0v) is 11.8. The van der Waals surface area contributed by atoms with Crippen LogP contribution < -0.4 is 14.8 Å². The van der Waals surface area contributed by atoms with Gasteiger partial charge in [0.25, 0.3) is 0 Å². The lowest BCUT2D eigenvalue weighted by molar-refractivity contribution is -0.0395. The predicted octanol–water partition coefficient (Wildman–Crippen LogP) is 0.775. The van der Waals surface area contributed by atoms with Crippen LogP contribution in [0.25, 0.3) is 0 Å². The Kier molecular flexibility index (Phi) is 3.58. The van der Waals surface area contributed by atoms with E-state index in [1.54, 1.807) is 14.2 Å². The molecular weight excluding hydrogens is 258 g/mol. The first kappa shape index (κ1) is 13.7. The van der Waals surface area contributed by atoms with Crippen LogP contribution in [0.3, 0.4) is 0 Å². The Morgan fingerprint density at radius 2 is 1.80 bits per heavy atom. The largest absolute Gasteiger partial charge is 0.493 e. The highest BCUT2D eigenvalue weighted by molar-refractivity contribution is 5.50. The van der Waals surface area contributed by atoms with Gasteiger partial charge >= 0.3 is 0 Å². The van der Waals surface area contributed by atoms with E-state index in [4.69, 9.17) is 9.47 Å². The second-order valence-electron chi connectivity index (χ2n) is 5.55. The van der Waals surface area contributed by atoms with Crippen molar-refractivity contribution in [3.63, 3.8) is 0 Å². The fraction of sp³-hybridized carbons (Fsp3) is 0.600. The van der Waals surface area contributed by atoms with Crippen LogP contribution in [0.5, 0.6) is 11.5 Å². The molecule has 1 aliphatic heterocycles. The van der Waals surface area contributed by atoms with Crippen LogP contribution in [0.2, 0.25) is 0 Å².